The Bertz CT molecular complexity index is 1290. The van der Waals surface area contributed by atoms with Crippen molar-refractivity contribution in [2.75, 3.05) is 11.9 Å². The monoisotopic (exact) mass is 416 g/mol. The third kappa shape index (κ3) is 4.44. The summed E-state index contributed by atoms with van der Waals surface area (Å²) in [4.78, 5) is 28.6. The maximum atomic E-state index is 12.8. The molecule has 0 fully saturated rings. The van der Waals surface area contributed by atoms with Gasteiger partial charge in [0.2, 0.25) is 0 Å². The van der Waals surface area contributed by atoms with Gasteiger partial charge >= 0.3 is 5.63 Å². The van der Waals surface area contributed by atoms with E-state index in [1.165, 1.54) is 0 Å². The number of carbonyl (C=O) groups is 1. The number of para-hydroxylation sites is 2. The Morgan fingerprint density at radius 2 is 1.81 bits per heavy atom. The van der Waals surface area contributed by atoms with Crippen LogP contribution in [0, 0.1) is 6.92 Å². The fourth-order valence-corrected chi connectivity index (χ4v) is 3.83. The first-order valence-electron chi connectivity index (χ1n) is 10.3. The molecule has 0 unspecified atom stereocenters. The number of fused-ring (bicyclic) bond motifs is 1. The minimum atomic E-state index is -0.647. The summed E-state index contributed by atoms with van der Waals surface area (Å²) in [6, 6.07) is 17.0. The molecule has 31 heavy (non-hydrogen) atoms. The van der Waals surface area contributed by atoms with Gasteiger partial charge in [-0.3, -0.25) is 4.79 Å². The van der Waals surface area contributed by atoms with E-state index in [4.69, 9.17) is 4.42 Å². The van der Waals surface area contributed by atoms with Crippen LogP contribution in [0.15, 0.2) is 70.0 Å². The van der Waals surface area contributed by atoms with Crippen molar-refractivity contribution < 1.29 is 14.3 Å². The van der Waals surface area contributed by atoms with Gasteiger partial charge in [-0.25, -0.2) is 4.79 Å². The normalized spacial score (nSPS) is 11.0. The first-order chi connectivity index (χ1) is 15.1. The van der Waals surface area contributed by atoms with E-state index in [1.807, 2.05) is 36.5 Å². The number of nitrogens with one attached hydrogen (secondary N) is 2. The summed E-state index contributed by atoms with van der Waals surface area (Å²) in [5.41, 5.74) is 3.52. The molecule has 6 heteroatoms. The van der Waals surface area contributed by atoms with E-state index in [0.717, 1.165) is 22.0 Å². The molecular formula is C25H24N2O4. The number of anilines is 1. The SMILES string of the molecule is Cc1cc(CCc2c[nH]c3ccccc23)oc(=O)c1C(=O)Nc1ccccc1CCO. The third-order valence-electron chi connectivity index (χ3n) is 5.39. The number of hydrogen-bond acceptors (Lipinski definition) is 4. The highest BCUT2D eigenvalue weighted by Crippen LogP contribution is 2.20. The Kier molecular flexibility index (Phi) is 6.00. The molecule has 0 radical (unpaired) electrons. The quantitative estimate of drug-likeness (QED) is 0.424. The second kappa shape index (κ2) is 9.02. The van der Waals surface area contributed by atoms with Crippen LogP contribution >= 0.6 is 0 Å². The molecule has 4 aromatic rings. The number of carbonyl (C=O) groups excluding carboxylic acids is 1. The number of hydrogen-bond donors (Lipinski definition) is 3. The average molecular weight is 416 g/mol. The van der Waals surface area contributed by atoms with Gasteiger partial charge in [0.1, 0.15) is 11.3 Å². The van der Waals surface area contributed by atoms with E-state index in [0.29, 0.717) is 36.3 Å². The molecule has 6 nitrogen and oxygen atoms in total. The van der Waals surface area contributed by atoms with Gasteiger partial charge in [-0.1, -0.05) is 36.4 Å². The number of aromatic nitrogens is 1. The van der Waals surface area contributed by atoms with Crippen LogP contribution in [-0.2, 0) is 19.3 Å². The molecule has 158 valence electrons. The lowest BCUT2D eigenvalue weighted by Gasteiger charge is -2.11. The third-order valence-corrected chi connectivity index (χ3v) is 5.39. The first-order valence-corrected chi connectivity index (χ1v) is 10.3. The highest BCUT2D eigenvalue weighted by molar-refractivity contribution is 6.05. The van der Waals surface area contributed by atoms with Crippen molar-refractivity contribution in [3.05, 3.63) is 99.2 Å². The number of aliphatic hydroxyl groups excluding tert-OH is 1. The second-order valence-corrected chi connectivity index (χ2v) is 7.50. The smallest absolute Gasteiger partial charge is 0.349 e. The van der Waals surface area contributed by atoms with Gasteiger partial charge in [0.05, 0.1) is 0 Å². The van der Waals surface area contributed by atoms with Crippen LogP contribution in [-0.4, -0.2) is 22.6 Å². The first kappa shape index (κ1) is 20.6. The molecule has 0 saturated heterocycles. The molecule has 0 spiro atoms. The highest BCUT2D eigenvalue weighted by atomic mass is 16.4. The van der Waals surface area contributed by atoms with Crippen LogP contribution < -0.4 is 10.9 Å². The molecule has 1 amide bonds. The van der Waals surface area contributed by atoms with E-state index in [9.17, 15) is 14.7 Å². The topological polar surface area (TPSA) is 95.3 Å². The highest BCUT2D eigenvalue weighted by Gasteiger charge is 2.18. The van der Waals surface area contributed by atoms with Crippen LogP contribution in [0.4, 0.5) is 5.69 Å². The Balaban J connectivity index is 1.52. The van der Waals surface area contributed by atoms with E-state index in [-0.39, 0.29) is 12.2 Å². The molecule has 2 heterocycles. The van der Waals surface area contributed by atoms with Crippen LogP contribution in [0.2, 0.25) is 0 Å². The van der Waals surface area contributed by atoms with Gasteiger partial charge in [-0.05, 0) is 54.7 Å². The number of H-pyrrole nitrogens is 1. The predicted molar refractivity (Wildman–Crippen MR) is 121 cm³/mol. The van der Waals surface area contributed by atoms with Gasteiger partial charge < -0.3 is 19.8 Å². The summed E-state index contributed by atoms with van der Waals surface area (Å²) >= 11 is 0. The van der Waals surface area contributed by atoms with Crippen molar-refractivity contribution in [1.29, 1.82) is 0 Å². The number of aliphatic hydroxyl groups is 1. The van der Waals surface area contributed by atoms with Crippen LogP contribution in [0.1, 0.15) is 32.8 Å². The molecule has 0 saturated carbocycles. The fourth-order valence-electron chi connectivity index (χ4n) is 3.83. The molecule has 0 bridgehead atoms. The van der Waals surface area contributed by atoms with E-state index >= 15 is 0 Å². The lowest BCUT2D eigenvalue weighted by molar-refractivity contribution is 0.102. The molecule has 3 N–H and O–H groups in total. The molecule has 4 rings (SSSR count). The fraction of sp³-hybridized carbons (Fsp3) is 0.200. The van der Waals surface area contributed by atoms with E-state index in [1.54, 1.807) is 25.1 Å². The zero-order valence-electron chi connectivity index (χ0n) is 17.3. The van der Waals surface area contributed by atoms with Gasteiger partial charge in [0.15, 0.2) is 0 Å². The standard InChI is InChI=1S/C25H24N2O4/c1-16-14-19(11-10-18-15-26-22-9-5-3-7-20(18)22)31-25(30)23(16)24(29)27-21-8-4-2-6-17(21)12-13-28/h2-9,14-15,26,28H,10-13H2,1H3,(H,27,29). The molecule has 2 aromatic heterocycles. The zero-order valence-corrected chi connectivity index (χ0v) is 17.3. The lowest BCUT2D eigenvalue weighted by Crippen LogP contribution is -2.23. The average Bonchev–Trinajstić information content (AvgIpc) is 3.16. The Morgan fingerprint density at radius 1 is 1.03 bits per heavy atom. The van der Waals surface area contributed by atoms with Gasteiger partial charge in [0.25, 0.3) is 5.91 Å². The van der Waals surface area contributed by atoms with Crippen molar-refractivity contribution in [2.45, 2.75) is 26.2 Å². The summed E-state index contributed by atoms with van der Waals surface area (Å²) in [6.45, 7) is 1.71. The summed E-state index contributed by atoms with van der Waals surface area (Å²) in [5, 5.41) is 13.1. The van der Waals surface area contributed by atoms with Crippen molar-refractivity contribution in [1.82, 2.24) is 4.98 Å². The molecule has 0 aliphatic carbocycles. The number of benzene rings is 2. The van der Waals surface area contributed by atoms with Crippen molar-refractivity contribution >= 4 is 22.5 Å². The Morgan fingerprint density at radius 3 is 2.61 bits per heavy atom. The van der Waals surface area contributed by atoms with Crippen LogP contribution in [0.3, 0.4) is 0 Å². The van der Waals surface area contributed by atoms with Crippen LogP contribution in [0.5, 0.6) is 0 Å². The second-order valence-electron chi connectivity index (χ2n) is 7.50. The summed E-state index contributed by atoms with van der Waals surface area (Å²) in [7, 11) is 0. The summed E-state index contributed by atoms with van der Waals surface area (Å²) < 4.78 is 5.47. The molecular weight excluding hydrogens is 392 g/mol. The summed E-state index contributed by atoms with van der Waals surface area (Å²) in [6.07, 6.45) is 3.66. The van der Waals surface area contributed by atoms with Gasteiger partial charge in [-0.2, -0.15) is 0 Å². The van der Waals surface area contributed by atoms with Crippen molar-refractivity contribution in [3.63, 3.8) is 0 Å². The predicted octanol–water partition coefficient (Wildman–Crippen LogP) is 4.00. The lowest BCUT2D eigenvalue weighted by atomic mass is 10.0. The minimum Gasteiger partial charge on any atom is -0.427 e. The van der Waals surface area contributed by atoms with Gasteiger partial charge in [0, 0.05) is 35.8 Å². The molecule has 2 aromatic carbocycles. The molecule has 0 aliphatic rings. The van der Waals surface area contributed by atoms with E-state index in [2.05, 4.69) is 16.4 Å². The maximum Gasteiger partial charge on any atom is 0.349 e. The van der Waals surface area contributed by atoms with Crippen molar-refractivity contribution in [3.8, 4) is 0 Å². The zero-order chi connectivity index (χ0) is 21.8. The molecule has 0 aliphatic heterocycles. The van der Waals surface area contributed by atoms with Crippen LogP contribution in [0.25, 0.3) is 10.9 Å². The maximum absolute atomic E-state index is 12.8. The largest absolute Gasteiger partial charge is 0.427 e. The summed E-state index contributed by atoms with van der Waals surface area (Å²) in [5.74, 6) is 0.0323. The number of rotatable bonds is 7. The Labute approximate surface area is 179 Å². The van der Waals surface area contributed by atoms with E-state index < -0.39 is 11.5 Å². The number of aryl methyl sites for hydroxylation is 3. The number of aromatic amines is 1. The van der Waals surface area contributed by atoms with Crippen molar-refractivity contribution in [2.24, 2.45) is 0 Å². The molecule has 0 atom stereocenters. The Hall–Kier alpha value is -3.64. The van der Waals surface area contributed by atoms with Gasteiger partial charge in [-0.15, -0.1) is 0 Å². The number of amides is 1. The minimum absolute atomic E-state index is 0.00496.